The average Bonchev–Trinajstić information content (AvgIpc) is 3.53. The fourth-order valence-electron chi connectivity index (χ4n) is 4.47. The standard InChI is InChI=1S/C24H28N4O2/c1-28-11-10-18-17(12-15-6-9-19(25-14-15)16-7-8-16)13-21(26-23(18)28)24(30)27-20-4-2-3-5-22(20)29/h6,9-11,13-14,16,20,22,29H,2-5,7-8,12H2,1H3,(H,27,30)/t20-,22-/m0/s1. The molecule has 5 rings (SSSR count). The minimum Gasteiger partial charge on any atom is -0.391 e. The molecule has 3 aromatic rings. The smallest absolute Gasteiger partial charge is 0.270 e. The van der Waals surface area contributed by atoms with E-state index in [0.717, 1.165) is 47.8 Å². The van der Waals surface area contributed by atoms with Crippen LogP contribution in [-0.2, 0) is 13.5 Å². The molecule has 0 unspecified atom stereocenters. The summed E-state index contributed by atoms with van der Waals surface area (Å²) in [7, 11) is 1.94. The van der Waals surface area contributed by atoms with Gasteiger partial charge >= 0.3 is 0 Å². The van der Waals surface area contributed by atoms with Crippen LogP contribution in [0, 0.1) is 0 Å². The Labute approximate surface area is 176 Å². The molecular weight excluding hydrogens is 376 g/mol. The quantitative estimate of drug-likeness (QED) is 0.682. The molecule has 0 aliphatic heterocycles. The van der Waals surface area contributed by atoms with Gasteiger partial charge in [-0.3, -0.25) is 9.78 Å². The summed E-state index contributed by atoms with van der Waals surface area (Å²) in [6.07, 6.45) is 10.2. The Balaban J connectivity index is 1.43. The van der Waals surface area contributed by atoms with Gasteiger partial charge < -0.3 is 15.0 Å². The van der Waals surface area contributed by atoms with Crippen molar-refractivity contribution in [1.29, 1.82) is 0 Å². The summed E-state index contributed by atoms with van der Waals surface area (Å²) in [6.45, 7) is 0. The first-order chi connectivity index (χ1) is 14.6. The molecule has 0 spiro atoms. The van der Waals surface area contributed by atoms with E-state index in [9.17, 15) is 9.90 Å². The van der Waals surface area contributed by atoms with Crippen LogP contribution in [-0.4, -0.2) is 37.7 Å². The lowest BCUT2D eigenvalue weighted by atomic mass is 9.92. The zero-order valence-corrected chi connectivity index (χ0v) is 17.3. The maximum atomic E-state index is 13.0. The first kappa shape index (κ1) is 19.2. The molecule has 30 heavy (non-hydrogen) atoms. The highest BCUT2D eigenvalue weighted by molar-refractivity contribution is 5.95. The van der Waals surface area contributed by atoms with Crippen LogP contribution in [0.5, 0.6) is 0 Å². The van der Waals surface area contributed by atoms with E-state index in [1.165, 1.54) is 18.5 Å². The third kappa shape index (κ3) is 3.84. The Morgan fingerprint density at radius 1 is 1.20 bits per heavy atom. The summed E-state index contributed by atoms with van der Waals surface area (Å²) in [5.41, 5.74) is 4.58. The first-order valence-corrected chi connectivity index (χ1v) is 11.0. The lowest BCUT2D eigenvalue weighted by Gasteiger charge is -2.28. The number of rotatable bonds is 5. The Hall–Kier alpha value is -2.73. The molecule has 1 amide bonds. The normalized spacial score (nSPS) is 21.7. The second-order valence-electron chi connectivity index (χ2n) is 8.80. The number of nitrogens with zero attached hydrogens (tertiary/aromatic N) is 3. The van der Waals surface area contributed by atoms with Gasteiger partial charge in [-0.25, -0.2) is 4.98 Å². The molecule has 0 saturated heterocycles. The van der Waals surface area contributed by atoms with Crippen molar-refractivity contribution in [2.75, 3.05) is 0 Å². The topological polar surface area (TPSA) is 80.0 Å². The van der Waals surface area contributed by atoms with Gasteiger partial charge in [0.15, 0.2) is 0 Å². The summed E-state index contributed by atoms with van der Waals surface area (Å²) >= 11 is 0. The van der Waals surface area contributed by atoms with E-state index < -0.39 is 6.10 Å². The van der Waals surface area contributed by atoms with Crippen molar-refractivity contribution < 1.29 is 9.90 Å². The van der Waals surface area contributed by atoms with Gasteiger partial charge in [-0.2, -0.15) is 0 Å². The molecule has 2 aliphatic carbocycles. The van der Waals surface area contributed by atoms with Gasteiger partial charge in [-0.05, 0) is 61.4 Å². The van der Waals surface area contributed by atoms with E-state index in [2.05, 4.69) is 33.5 Å². The number of aliphatic hydroxyl groups is 1. The Bertz CT molecular complexity index is 1070. The molecule has 2 saturated carbocycles. The molecule has 6 heteroatoms. The second kappa shape index (κ2) is 7.84. The van der Waals surface area contributed by atoms with E-state index in [4.69, 9.17) is 0 Å². The molecule has 2 fully saturated rings. The molecule has 2 aliphatic rings. The third-order valence-corrected chi connectivity index (χ3v) is 6.44. The molecule has 3 aromatic heterocycles. The molecule has 6 nitrogen and oxygen atoms in total. The van der Waals surface area contributed by atoms with Gasteiger partial charge in [0, 0.05) is 36.4 Å². The van der Waals surface area contributed by atoms with Gasteiger partial charge in [0.25, 0.3) is 5.91 Å². The summed E-state index contributed by atoms with van der Waals surface area (Å²) in [5.74, 6) is 0.429. The fraction of sp³-hybridized carbons (Fsp3) is 0.458. The summed E-state index contributed by atoms with van der Waals surface area (Å²) in [5, 5.41) is 14.3. The lowest BCUT2D eigenvalue weighted by Crippen LogP contribution is -2.45. The molecule has 156 valence electrons. The van der Waals surface area contributed by atoms with E-state index >= 15 is 0 Å². The van der Waals surface area contributed by atoms with Crippen LogP contribution in [0.3, 0.4) is 0 Å². The number of hydrogen-bond donors (Lipinski definition) is 2. The number of carbonyl (C=O) groups is 1. The number of amides is 1. The molecule has 2 atom stereocenters. The summed E-state index contributed by atoms with van der Waals surface area (Å²) < 4.78 is 1.94. The molecule has 3 heterocycles. The molecule has 0 aromatic carbocycles. The van der Waals surface area contributed by atoms with Crippen molar-refractivity contribution in [1.82, 2.24) is 19.9 Å². The van der Waals surface area contributed by atoms with Crippen LogP contribution >= 0.6 is 0 Å². The molecule has 2 N–H and O–H groups in total. The number of carbonyl (C=O) groups excluding carboxylic acids is 1. The predicted octanol–water partition coefficient (Wildman–Crippen LogP) is 3.47. The predicted molar refractivity (Wildman–Crippen MR) is 115 cm³/mol. The van der Waals surface area contributed by atoms with Crippen LogP contribution in [0.25, 0.3) is 11.0 Å². The van der Waals surface area contributed by atoms with E-state index in [0.29, 0.717) is 18.0 Å². The van der Waals surface area contributed by atoms with Crippen LogP contribution in [0.1, 0.15) is 71.8 Å². The average molecular weight is 405 g/mol. The van der Waals surface area contributed by atoms with Crippen LogP contribution in [0.4, 0.5) is 0 Å². The maximum absolute atomic E-state index is 13.0. The highest BCUT2D eigenvalue weighted by atomic mass is 16.3. The highest BCUT2D eigenvalue weighted by Gasteiger charge is 2.26. The number of nitrogens with one attached hydrogen (secondary N) is 1. The van der Waals surface area contributed by atoms with Gasteiger partial charge in [0.1, 0.15) is 11.3 Å². The van der Waals surface area contributed by atoms with Gasteiger partial charge in [0.05, 0.1) is 12.1 Å². The Morgan fingerprint density at radius 3 is 2.77 bits per heavy atom. The summed E-state index contributed by atoms with van der Waals surface area (Å²) in [4.78, 5) is 22.2. The molecular formula is C24H28N4O2. The number of aromatic nitrogens is 3. The lowest BCUT2D eigenvalue weighted by molar-refractivity contribution is 0.0714. The monoisotopic (exact) mass is 404 g/mol. The van der Waals surface area contributed by atoms with Crippen molar-refractivity contribution >= 4 is 16.9 Å². The molecule has 0 bridgehead atoms. The number of aryl methyl sites for hydroxylation is 1. The van der Waals surface area contributed by atoms with Crippen molar-refractivity contribution in [3.8, 4) is 0 Å². The number of pyridine rings is 2. The van der Waals surface area contributed by atoms with Gasteiger partial charge in [0.2, 0.25) is 0 Å². The summed E-state index contributed by atoms with van der Waals surface area (Å²) in [6, 6.07) is 8.03. The van der Waals surface area contributed by atoms with E-state index in [1.54, 1.807) is 0 Å². The first-order valence-electron chi connectivity index (χ1n) is 11.0. The van der Waals surface area contributed by atoms with Gasteiger partial charge in [-0.15, -0.1) is 0 Å². The maximum Gasteiger partial charge on any atom is 0.270 e. The minimum absolute atomic E-state index is 0.195. The second-order valence-corrected chi connectivity index (χ2v) is 8.80. The Morgan fingerprint density at radius 2 is 2.03 bits per heavy atom. The van der Waals surface area contributed by atoms with E-state index in [-0.39, 0.29) is 11.9 Å². The van der Waals surface area contributed by atoms with Crippen molar-refractivity contribution in [2.45, 2.75) is 63.0 Å². The Kier molecular flexibility index (Phi) is 5.03. The SMILES string of the molecule is Cn1ccc2c(Cc3ccc(C4CC4)nc3)cc(C(=O)N[C@H]3CCCC[C@@H]3O)nc21. The van der Waals surface area contributed by atoms with Crippen LogP contribution < -0.4 is 5.32 Å². The van der Waals surface area contributed by atoms with Crippen molar-refractivity contribution in [3.05, 3.63) is 59.2 Å². The minimum atomic E-state index is -0.475. The van der Waals surface area contributed by atoms with Crippen LogP contribution in [0.2, 0.25) is 0 Å². The zero-order chi connectivity index (χ0) is 20.7. The molecule has 0 radical (unpaired) electrons. The number of aliphatic hydroxyl groups excluding tert-OH is 1. The number of hydrogen-bond acceptors (Lipinski definition) is 4. The number of fused-ring (bicyclic) bond motifs is 1. The highest BCUT2D eigenvalue weighted by Crippen LogP contribution is 2.38. The zero-order valence-electron chi connectivity index (χ0n) is 17.3. The van der Waals surface area contributed by atoms with Crippen LogP contribution in [0.15, 0.2) is 36.7 Å². The van der Waals surface area contributed by atoms with Crippen molar-refractivity contribution in [2.24, 2.45) is 7.05 Å². The van der Waals surface area contributed by atoms with Crippen molar-refractivity contribution in [3.63, 3.8) is 0 Å². The fourth-order valence-corrected chi connectivity index (χ4v) is 4.47. The third-order valence-electron chi connectivity index (χ3n) is 6.44. The largest absolute Gasteiger partial charge is 0.391 e. The van der Waals surface area contributed by atoms with E-state index in [1.807, 2.05) is 30.1 Å². The van der Waals surface area contributed by atoms with Gasteiger partial charge in [-0.1, -0.05) is 18.9 Å².